The molecule has 2 aliphatic heterocycles. The summed E-state index contributed by atoms with van der Waals surface area (Å²) < 4.78 is 19.9. The van der Waals surface area contributed by atoms with Crippen LogP contribution in [0.15, 0.2) is 48.5 Å². The average Bonchev–Trinajstić information content (AvgIpc) is 2.98. The number of likely N-dealkylation sites (tertiary alicyclic amines) is 2. The lowest BCUT2D eigenvalue weighted by atomic mass is 9.75. The number of imide groups is 1. The van der Waals surface area contributed by atoms with Crippen LogP contribution in [-0.2, 0) is 19.8 Å². The number of piperidine rings is 1. The lowest BCUT2D eigenvalue weighted by Gasteiger charge is -2.35. The van der Waals surface area contributed by atoms with Gasteiger partial charge in [-0.25, -0.2) is 4.39 Å². The number of carbonyl (C=O) groups is 3. The maximum atomic E-state index is 13.9. The number of amides is 3. The second-order valence-electron chi connectivity index (χ2n) is 8.36. The Bertz CT molecular complexity index is 1050. The second-order valence-corrected chi connectivity index (χ2v) is 8.80. The quantitative estimate of drug-likeness (QED) is 0.642. The van der Waals surface area contributed by atoms with Gasteiger partial charge < -0.3 is 9.64 Å². The summed E-state index contributed by atoms with van der Waals surface area (Å²) in [5.74, 6) is -0.901. The highest BCUT2D eigenvalue weighted by molar-refractivity contribution is 6.30. The van der Waals surface area contributed by atoms with E-state index in [4.69, 9.17) is 16.3 Å². The maximum absolute atomic E-state index is 13.9. The van der Waals surface area contributed by atoms with Gasteiger partial charge in [0.2, 0.25) is 17.7 Å². The van der Waals surface area contributed by atoms with Crippen LogP contribution in [0.25, 0.3) is 0 Å². The molecule has 168 valence electrons. The van der Waals surface area contributed by atoms with E-state index in [1.807, 2.05) is 12.1 Å². The van der Waals surface area contributed by atoms with Gasteiger partial charge in [-0.05, 0) is 35.9 Å². The van der Waals surface area contributed by atoms with E-state index in [2.05, 4.69) is 0 Å². The largest absolute Gasteiger partial charge is 0.490 e. The van der Waals surface area contributed by atoms with Gasteiger partial charge >= 0.3 is 0 Å². The predicted octanol–water partition coefficient (Wildman–Crippen LogP) is 3.57. The van der Waals surface area contributed by atoms with Crippen LogP contribution in [0, 0.1) is 5.82 Å². The van der Waals surface area contributed by atoms with E-state index in [0.29, 0.717) is 42.3 Å². The van der Waals surface area contributed by atoms with Crippen LogP contribution in [0.2, 0.25) is 5.02 Å². The summed E-state index contributed by atoms with van der Waals surface area (Å²) in [5.41, 5.74) is -1.02. The molecular weight excluding hydrogens is 435 g/mol. The molecule has 4 rings (SSSR count). The minimum absolute atomic E-state index is 0.0458. The van der Waals surface area contributed by atoms with E-state index in [9.17, 15) is 18.8 Å². The Morgan fingerprint density at radius 1 is 1.16 bits per heavy atom. The first-order valence-corrected chi connectivity index (χ1v) is 10.9. The molecule has 0 saturated carbocycles. The number of hydrogen-bond acceptors (Lipinski definition) is 4. The number of likely N-dealkylation sites (N-methyl/N-ethyl adjacent to an activating group) is 1. The molecule has 6 nitrogen and oxygen atoms in total. The van der Waals surface area contributed by atoms with Crippen molar-refractivity contribution in [3.63, 3.8) is 0 Å². The summed E-state index contributed by atoms with van der Waals surface area (Å²) in [6, 6.07) is 12.8. The van der Waals surface area contributed by atoms with E-state index in [-0.39, 0.29) is 30.8 Å². The summed E-state index contributed by atoms with van der Waals surface area (Å²) in [7, 11) is 1.40. The van der Waals surface area contributed by atoms with E-state index >= 15 is 0 Å². The van der Waals surface area contributed by atoms with Crippen LogP contribution >= 0.6 is 11.6 Å². The monoisotopic (exact) mass is 458 g/mol. The summed E-state index contributed by atoms with van der Waals surface area (Å²) in [5, 5.41) is 0.596. The number of hydrogen-bond donors (Lipinski definition) is 0. The molecule has 2 aromatic carbocycles. The van der Waals surface area contributed by atoms with E-state index in [1.165, 1.54) is 25.2 Å². The molecule has 0 bridgehead atoms. The van der Waals surface area contributed by atoms with Gasteiger partial charge in [0.15, 0.2) is 0 Å². The third-order valence-electron chi connectivity index (χ3n) is 6.26. The molecule has 2 aliphatic rings. The van der Waals surface area contributed by atoms with Crippen LogP contribution in [0.3, 0.4) is 0 Å². The van der Waals surface area contributed by atoms with E-state index in [0.717, 1.165) is 4.90 Å². The zero-order chi connectivity index (χ0) is 22.9. The van der Waals surface area contributed by atoms with E-state index in [1.54, 1.807) is 23.1 Å². The third-order valence-corrected chi connectivity index (χ3v) is 6.50. The molecule has 8 heteroatoms. The molecular formula is C24H24ClFN2O4. The van der Waals surface area contributed by atoms with Gasteiger partial charge in [0.05, 0.1) is 5.41 Å². The summed E-state index contributed by atoms with van der Waals surface area (Å²) >= 11 is 6.00. The minimum Gasteiger partial charge on any atom is -0.490 e. The van der Waals surface area contributed by atoms with Gasteiger partial charge in [0.25, 0.3) is 0 Å². The normalized spacial score (nSPS) is 21.8. The Labute approximate surface area is 190 Å². The first-order chi connectivity index (χ1) is 15.3. The molecule has 1 atom stereocenters. The maximum Gasteiger partial charge on any atom is 0.240 e. The van der Waals surface area contributed by atoms with Crippen LogP contribution in [0.1, 0.15) is 31.2 Å². The van der Waals surface area contributed by atoms with E-state index < -0.39 is 17.1 Å². The second kappa shape index (κ2) is 8.90. The number of nitrogens with zero attached hydrogens (tertiary/aromatic N) is 2. The zero-order valence-corrected chi connectivity index (χ0v) is 18.5. The summed E-state index contributed by atoms with van der Waals surface area (Å²) in [4.78, 5) is 41.2. The summed E-state index contributed by atoms with van der Waals surface area (Å²) in [6.07, 6.45) is 0.906. The number of rotatable bonds is 5. The van der Waals surface area contributed by atoms with Crippen molar-refractivity contribution in [1.82, 2.24) is 9.80 Å². The number of ether oxygens (including phenoxy) is 1. The molecule has 0 aliphatic carbocycles. The van der Waals surface area contributed by atoms with Crippen molar-refractivity contribution in [1.29, 1.82) is 0 Å². The fourth-order valence-corrected chi connectivity index (χ4v) is 4.64. The molecule has 0 unspecified atom stereocenters. The van der Waals surface area contributed by atoms with Crippen LogP contribution < -0.4 is 4.74 Å². The van der Waals surface area contributed by atoms with Crippen LogP contribution in [0.4, 0.5) is 4.39 Å². The third kappa shape index (κ3) is 4.35. The van der Waals surface area contributed by atoms with Crippen molar-refractivity contribution in [2.45, 2.75) is 37.2 Å². The van der Waals surface area contributed by atoms with Gasteiger partial charge in [-0.3, -0.25) is 19.3 Å². The topological polar surface area (TPSA) is 66.9 Å². The first-order valence-electron chi connectivity index (χ1n) is 10.6. The van der Waals surface area contributed by atoms with Gasteiger partial charge in [-0.1, -0.05) is 29.8 Å². The van der Waals surface area contributed by atoms with Crippen molar-refractivity contribution in [2.75, 3.05) is 20.1 Å². The standard InChI is InChI=1S/C24H24ClFN2O4/c1-27-21(29)14-24(23(27)31,16-4-2-6-18(26)12-16)15-22(30)28-10-8-19(9-11-28)32-20-7-3-5-17(25)13-20/h2-7,12-13,19H,8-11,14-15H2,1H3/t24-/m1/s1. The molecule has 2 heterocycles. The summed E-state index contributed by atoms with van der Waals surface area (Å²) in [6.45, 7) is 0.947. The van der Waals surface area contributed by atoms with Crippen molar-refractivity contribution in [3.05, 3.63) is 64.9 Å². The molecule has 0 aromatic heterocycles. The SMILES string of the molecule is CN1C(=O)C[C@@](CC(=O)N2CCC(Oc3cccc(Cl)c3)CC2)(c2cccc(F)c2)C1=O. The molecule has 0 spiro atoms. The van der Waals surface area contributed by atoms with Crippen LogP contribution in [-0.4, -0.2) is 53.8 Å². The van der Waals surface area contributed by atoms with Crippen molar-refractivity contribution < 1.29 is 23.5 Å². The Morgan fingerprint density at radius 2 is 1.88 bits per heavy atom. The van der Waals surface area contributed by atoms with Gasteiger partial charge in [-0.2, -0.15) is 0 Å². The lowest BCUT2D eigenvalue weighted by molar-refractivity contribution is -0.142. The Balaban J connectivity index is 1.46. The zero-order valence-electron chi connectivity index (χ0n) is 17.7. The highest BCUT2D eigenvalue weighted by Gasteiger charge is 2.53. The minimum atomic E-state index is -1.38. The molecule has 2 fully saturated rings. The fourth-order valence-electron chi connectivity index (χ4n) is 4.46. The molecule has 0 N–H and O–H groups in total. The van der Waals surface area contributed by atoms with Gasteiger partial charge in [0.1, 0.15) is 17.7 Å². The number of carbonyl (C=O) groups excluding carboxylic acids is 3. The molecule has 2 saturated heterocycles. The average molecular weight is 459 g/mol. The van der Waals surface area contributed by atoms with Gasteiger partial charge in [-0.15, -0.1) is 0 Å². The molecule has 3 amide bonds. The van der Waals surface area contributed by atoms with Crippen molar-refractivity contribution >= 4 is 29.3 Å². The predicted molar refractivity (Wildman–Crippen MR) is 117 cm³/mol. The molecule has 2 aromatic rings. The Hall–Kier alpha value is -2.93. The van der Waals surface area contributed by atoms with Crippen molar-refractivity contribution in [2.24, 2.45) is 0 Å². The lowest BCUT2D eigenvalue weighted by Crippen LogP contribution is -2.46. The Kier molecular flexibility index (Phi) is 6.20. The first kappa shape index (κ1) is 22.3. The smallest absolute Gasteiger partial charge is 0.240 e. The van der Waals surface area contributed by atoms with Gasteiger partial charge in [0, 0.05) is 50.8 Å². The number of halogens is 2. The highest BCUT2D eigenvalue weighted by atomic mass is 35.5. The fraction of sp³-hybridized carbons (Fsp3) is 0.375. The van der Waals surface area contributed by atoms with Crippen molar-refractivity contribution in [3.8, 4) is 5.75 Å². The molecule has 32 heavy (non-hydrogen) atoms. The molecule has 0 radical (unpaired) electrons. The van der Waals surface area contributed by atoms with Crippen LogP contribution in [0.5, 0.6) is 5.75 Å². The Morgan fingerprint density at radius 3 is 2.50 bits per heavy atom. The highest BCUT2D eigenvalue weighted by Crippen LogP contribution is 2.40. The number of benzene rings is 2.